The lowest BCUT2D eigenvalue weighted by atomic mass is 10.2. The molecule has 116 valence electrons. The Hall–Kier alpha value is -1.30. The average molecular weight is 286 g/mol. The van der Waals surface area contributed by atoms with Crippen LogP contribution in [0.25, 0.3) is 0 Å². The van der Waals surface area contributed by atoms with Gasteiger partial charge in [-0.2, -0.15) is 0 Å². The molecule has 1 heterocycles. The number of alkyl carbamates (subject to hydrolysis) is 1. The first kappa shape index (κ1) is 16.8. The van der Waals surface area contributed by atoms with E-state index in [2.05, 4.69) is 10.2 Å². The second-order valence-corrected chi connectivity index (χ2v) is 6.32. The van der Waals surface area contributed by atoms with Gasteiger partial charge in [0.25, 0.3) is 0 Å². The third-order valence-electron chi connectivity index (χ3n) is 3.13. The van der Waals surface area contributed by atoms with Crippen molar-refractivity contribution in [3.63, 3.8) is 0 Å². The molecule has 1 aliphatic heterocycles. The first-order chi connectivity index (χ1) is 9.21. The highest BCUT2D eigenvalue weighted by Crippen LogP contribution is 2.13. The van der Waals surface area contributed by atoms with Crippen LogP contribution in [-0.2, 0) is 14.3 Å². The van der Waals surface area contributed by atoms with Crippen molar-refractivity contribution in [2.45, 2.75) is 45.8 Å². The molecule has 1 rings (SSSR count). The van der Waals surface area contributed by atoms with Gasteiger partial charge in [-0.05, 0) is 27.2 Å². The van der Waals surface area contributed by atoms with E-state index in [9.17, 15) is 9.59 Å². The molecular formula is C14H26N2O4. The van der Waals surface area contributed by atoms with Crippen molar-refractivity contribution in [1.29, 1.82) is 0 Å². The summed E-state index contributed by atoms with van der Waals surface area (Å²) >= 11 is 0. The minimum atomic E-state index is -0.484. The van der Waals surface area contributed by atoms with E-state index in [1.54, 1.807) is 0 Å². The van der Waals surface area contributed by atoms with Crippen molar-refractivity contribution in [2.75, 3.05) is 26.7 Å². The lowest BCUT2D eigenvalue weighted by molar-refractivity contribution is -0.145. The number of amides is 1. The van der Waals surface area contributed by atoms with Gasteiger partial charge in [0, 0.05) is 25.7 Å². The van der Waals surface area contributed by atoms with E-state index < -0.39 is 5.60 Å². The SMILES string of the molecule is COC(=O)C(C)CN1CCC(NC(=O)OC(C)(C)C)C1. The number of ether oxygens (including phenoxy) is 2. The fourth-order valence-electron chi connectivity index (χ4n) is 2.25. The largest absolute Gasteiger partial charge is 0.469 e. The molecule has 2 atom stereocenters. The van der Waals surface area contributed by atoms with E-state index in [0.717, 1.165) is 19.5 Å². The Labute approximate surface area is 120 Å². The van der Waals surface area contributed by atoms with Crippen LogP contribution in [0.15, 0.2) is 0 Å². The summed E-state index contributed by atoms with van der Waals surface area (Å²) in [5, 5.41) is 2.86. The number of esters is 1. The molecule has 0 saturated carbocycles. The summed E-state index contributed by atoms with van der Waals surface area (Å²) < 4.78 is 9.94. The average Bonchev–Trinajstić information content (AvgIpc) is 2.72. The molecule has 20 heavy (non-hydrogen) atoms. The Balaban J connectivity index is 2.33. The first-order valence-electron chi connectivity index (χ1n) is 7.01. The van der Waals surface area contributed by atoms with Gasteiger partial charge in [0.1, 0.15) is 5.60 Å². The standard InChI is InChI=1S/C14H26N2O4/c1-10(12(17)19-5)8-16-7-6-11(9-16)15-13(18)20-14(2,3)4/h10-11H,6-9H2,1-5H3,(H,15,18). The zero-order chi connectivity index (χ0) is 15.3. The summed E-state index contributed by atoms with van der Waals surface area (Å²) in [5.41, 5.74) is -0.484. The Morgan fingerprint density at radius 2 is 2.05 bits per heavy atom. The topological polar surface area (TPSA) is 67.9 Å². The highest BCUT2D eigenvalue weighted by atomic mass is 16.6. The molecule has 1 aliphatic rings. The van der Waals surface area contributed by atoms with Crippen molar-refractivity contribution in [3.8, 4) is 0 Å². The van der Waals surface area contributed by atoms with Gasteiger partial charge in [0.05, 0.1) is 13.0 Å². The molecule has 0 aliphatic carbocycles. The van der Waals surface area contributed by atoms with Crippen molar-refractivity contribution >= 4 is 12.1 Å². The fraction of sp³-hybridized carbons (Fsp3) is 0.857. The Morgan fingerprint density at radius 1 is 1.40 bits per heavy atom. The number of carbonyl (C=O) groups is 2. The molecule has 0 aromatic carbocycles. The number of likely N-dealkylation sites (tertiary alicyclic amines) is 1. The number of nitrogens with zero attached hydrogens (tertiary/aromatic N) is 1. The normalized spacial score (nSPS) is 21.4. The Kier molecular flexibility index (Phi) is 5.80. The molecule has 1 fully saturated rings. The summed E-state index contributed by atoms with van der Waals surface area (Å²) in [5.74, 6) is -0.353. The predicted molar refractivity (Wildman–Crippen MR) is 75.4 cm³/mol. The maximum Gasteiger partial charge on any atom is 0.407 e. The van der Waals surface area contributed by atoms with Crippen molar-refractivity contribution < 1.29 is 19.1 Å². The molecular weight excluding hydrogens is 260 g/mol. The number of nitrogens with one attached hydrogen (secondary N) is 1. The van der Waals surface area contributed by atoms with E-state index in [1.165, 1.54) is 7.11 Å². The highest BCUT2D eigenvalue weighted by Gasteiger charge is 2.28. The van der Waals surface area contributed by atoms with E-state index in [4.69, 9.17) is 9.47 Å². The summed E-state index contributed by atoms with van der Waals surface area (Å²) in [4.78, 5) is 25.2. The van der Waals surface area contributed by atoms with Crippen LogP contribution in [0, 0.1) is 5.92 Å². The first-order valence-corrected chi connectivity index (χ1v) is 7.01. The van der Waals surface area contributed by atoms with Crippen molar-refractivity contribution in [2.24, 2.45) is 5.92 Å². The minimum absolute atomic E-state index is 0.0784. The van der Waals surface area contributed by atoms with Gasteiger partial charge in [0.2, 0.25) is 0 Å². The monoisotopic (exact) mass is 286 g/mol. The molecule has 0 spiro atoms. The third-order valence-corrected chi connectivity index (χ3v) is 3.13. The zero-order valence-electron chi connectivity index (χ0n) is 13.1. The fourth-order valence-corrected chi connectivity index (χ4v) is 2.25. The Morgan fingerprint density at radius 3 is 2.60 bits per heavy atom. The lowest BCUT2D eigenvalue weighted by Gasteiger charge is -2.22. The van der Waals surface area contributed by atoms with Gasteiger partial charge < -0.3 is 19.7 Å². The molecule has 1 saturated heterocycles. The van der Waals surface area contributed by atoms with Gasteiger partial charge in [-0.3, -0.25) is 4.79 Å². The summed E-state index contributed by atoms with van der Waals surface area (Å²) in [6.07, 6.45) is 0.484. The third kappa shape index (κ3) is 5.77. The lowest BCUT2D eigenvalue weighted by Crippen LogP contribution is -2.41. The molecule has 0 aromatic heterocycles. The van der Waals surface area contributed by atoms with Crippen LogP contribution < -0.4 is 5.32 Å². The Bertz CT molecular complexity index is 352. The van der Waals surface area contributed by atoms with Crippen LogP contribution in [0.1, 0.15) is 34.1 Å². The van der Waals surface area contributed by atoms with Gasteiger partial charge in [-0.1, -0.05) is 6.92 Å². The van der Waals surface area contributed by atoms with Crippen LogP contribution in [0.4, 0.5) is 4.79 Å². The molecule has 6 heteroatoms. The number of rotatable bonds is 4. The summed E-state index contributed by atoms with van der Waals surface area (Å²) in [7, 11) is 1.40. The van der Waals surface area contributed by atoms with Gasteiger partial charge >= 0.3 is 12.1 Å². The summed E-state index contributed by atoms with van der Waals surface area (Å²) in [6.45, 7) is 9.62. The maximum absolute atomic E-state index is 11.7. The van der Waals surface area contributed by atoms with Gasteiger partial charge in [-0.15, -0.1) is 0 Å². The number of hydrogen-bond acceptors (Lipinski definition) is 5. The van der Waals surface area contributed by atoms with Gasteiger partial charge in [0.15, 0.2) is 0 Å². The second-order valence-electron chi connectivity index (χ2n) is 6.32. The molecule has 6 nitrogen and oxygen atoms in total. The quantitative estimate of drug-likeness (QED) is 0.791. The maximum atomic E-state index is 11.7. The van der Waals surface area contributed by atoms with E-state index in [0.29, 0.717) is 6.54 Å². The summed E-state index contributed by atoms with van der Waals surface area (Å²) in [6, 6.07) is 0.0784. The van der Waals surface area contributed by atoms with Crippen molar-refractivity contribution in [3.05, 3.63) is 0 Å². The second kappa shape index (κ2) is 6.92. The number of carbonyl (C=O) groups excluding carboxylic acids is 2. The number of hydrogen-bond donors (Lipinski definition) is 1. The molecule has 1 N–H and O–H groups in total. The zero-order valence-corrected chi connectivity index (χ0v) is 13.1. The molecule has 1 amide bonds. The number of methoxy groups -OCH3 is 1. The highest BCUT2D eigenvalue weighted by molar-refractivity contribution is 5.72. The van der Waals surface area contributed by atoms with E-state index in [1.807, 2.05) is 27.7 Å². The molecule has 2 unspecified atom stereocenters. The van der Waals surface area contributed by atoms with Crippen LogP contribution in [0.2, 0.25) is 0 Å². The van der Waals surface area contributed by atoms with E-state index in [-0.39, 0.29) is 24.0 Å². The molecule has 0 radical (unpaired) electrons. The van der Waals surface area contributed by atoms with Crippen LogP contribution >= 0.6 is 0 Å². The van der Waals surface area contributed by atoms with Crippen LogP contribution in [0.3, 0.4) is 0 Å². The van der Waals surface area contributed by atoms with Crippen molar-refractivity contribution in [1.82, 2.24) is 10.2 Å². The van der Waals surface area contributed by atoms with Crippen LogP contribution in [0.5, 0.6) is 0 Å². The predicted octanol–water partition coefficient (Wildman–Crippen LogP) is 1.39. The minimum Gasteiger partial charge on any atom is -0.469 e. The molecule has 0 aromatic rings. The van der Waals surface area contributed by atoms with Crippen LogP contribution in [-0.4, -0.2) is 55.3 Å². The molecule has 0 bridgehead atoms. The van der Waals surface area contributed by atoms with Gasteiger partial charge in [-0.25, -0.2) is 4.79 Å². The smallest absolute Gasteiger partial charge is 0.407 e. The van der Waals surface area contributed by atoms with E-state index >= 15 is 0 Å².